The fourth-order valence-electron chi connectivity index (χ4n) is 2.70. The Balaban J connectivity index is 1.36. The lowest BCUT2D eigenvalue weighted by molar-refractivity contribution is 0.262. The Bertz CT molecular complexity index is 1110. The summed E-state index contributed by atoms with van der Waals surface area (Å²) in [6, 6.07) is 17.7. The van der Waals surface area contributed by atoms with Crippen molar-refractivity contribution in [1.29, 1.82) is 0 Å². The summed E-state index contributed by atoms with van der Waals surface area (Å²) in [5, 5.41) is 12.9. The Kier molecular flexibility index (Phi) is 5.52. The molecule has 9 heteroatoms. The van der Waals surface area contributed by atoms with Crippen LogP contribution in [0.3, 0.4) is 0 Å². The second kappa shape index (κ2) is 8.74. The molecule has 0 saturated heterocycles. The number of hydrogen-bond donors (Lipinski definition) is 3. The van der Waals surface area contributed by atoms with Gasteiger partial charge < -0.3 is 20.7 Å². The maximum absolute atomic E-state index is 12.2. The van der Waals surface area contributed by atoms with Gasteiger partial charge in [-0.2, -0.15) is 5.10 Å². The van der Waals surface area contributed by atoms with E-state index in [-0.39, 0.29) is 6.03 Å². The van der Waals surface area contributed by atoms with E-state index in [0.29, 0.717) is 23.0 Å². The van der Waals surface area contributed by atoms with E-state index in [4.69, 9.17) is 4.74 Å². The molecule has 0 spiro atoms. The molecule has 4 rings (SSSR count). The molecule has 0 saturated carbocycles. The molecule has 2 amide bonds. The molecular formula is C21H19N7O2. The summed E-state index contributed by atoms with van der Waals surface area (Å²) in [5.41, 5.74) is 2.15. The van der Waals surface area contributed by atoms with Gasteiger partial charge in [0.1, 0.15) is 17.9 Å². The third-order valence-corrected chi connectivity index (χ3v) is 4.15. The summed E-state index contributed by atoms with van der Waals surface area (Å²) < 4.78 is 6.76. The predicted molar refractivity (Wildman–Crippen MR) is 115 cm³/mol. The minimum absolute atomic E-state index is 0.333. The number of carbonyl (C=O) groups excluding carboxylic acids is 1. The van der Waals surface area contributed by atoms with Gasteiger partial charge in [-0.25, -0.2) is 19.4 Å². The number of methoxy groups -OCH3 is 1. The van der Waals surface area contributed by atoms with Crippen LogP contribution in [0, 0.1) is 0 Å². The highest BCUT2D eigenvalue weighted by molar-refractivity contribution is 5.99. The van der Waals surface area contributed by atoms with E-state index in [0.717, 1.165) is 11.4 Å². The highest BCUT2D eigenvalue weighted by atomic mass is 16.5. The van der Waals surface area contributed by atoms with Crippen molar-refractivity contribution in [2.75, 3.05) is 23.1 Å². The molecule has 0 atom stereocenters. The normalized spacial score (nSPS) is 10.3. The van der Waals surface area contributed by atoms with Crippen LogP contribution in [0.1, 0.15) is 0 Å². The van der Waals surface area contributed by atoms with Gasteiger partial charge in [0.05, 0.1) is 7.11 Å². The second-order valence-corrected chi connectivity index (χ2v) is 6.22. The van der Waals surface area contributed by atoms with E-state index in [1.165, 1.54) is 6.33 Å². The van der Waals surface area contributed by atoms with Crippen LogP contribution in [0.25, 0.3) is 5.82 Å². The number of carbonyl (C=O) groups is 1. The largest absolute Gasteiger partial charge is 0.497 e. The first-order valence-electron chi connectivity index (χ1n) is 9.11. The lowest BCUT2D eigenvalue weighted by atomic mass is 10.2. The van der Waals surface area contributed by atoms with Crippen molar-refractivity contribution in [3.05, 3.63) is 79.4 Å². The molecular weight excluding hydrogens is 382 g/mol. The van der Waals surface area contributed by atoms with Crippen LogP contribution in [0.2, 0.25) is 0 Å². The van der Waals surface area contributed by atoms with Crippen molar-refractivity contribution in [3.8, 4) is 11.6 Å². The molecule has 2 heterocycles. The van der Waals surface area contributed by atoms with Crippen molar-refractivity contribution >= 4 is 28.9 Å². The zero-order valence-electron chi connectivity index (χ0n) is 16.1. The molecule has 9 nitrogen and oxygen atoms in total. The monoisotopic (exact) mass is 401 g/mol. The standard InChI is InChI=1S/C21H19N7O2/c1-30-18-9-7-17(8-10-18)27-21(29)26-16-5-3-15(4-6-16)25-19-13-20(23-14-22-19)28-12-2-11-24-28/h2-14H,1H3,(H,22,23,25)(H2,26,27,29). The molecule has 0 aliphatic carbocycles. The van der Waals surface area contributed by atoms with E-state index < -0.39 is 0 Å². The summed E-state index contributed by atoms with van der Waals surface area (Å²) in [4.78, 5) is 20.6. The number of anilines is 4. The number of nitrogens with zero attached hydrogens (tertiary/aromatic N) is 4. The highest BCUT2D eigenvalue weighted by Gasteiger charge is 2.05. The van der Waals surface area contributed by atoms with Crippen LogP contribution in [-0.2, 0) is 0 Å². The fraction of sp³-hybridized carbons (Fsp3) is 0.0476. The van der Waals surface area contributed by atoms with E-state index in [2.05, 4.69) is 31.0 Å². The first-order chi connectivity index (χ1) is 14.7. The highest BCUT2D eigenvalue weighted by Crippen LogP contribution is 2.19. The number of ether oxygens (including phenoxy) is 1. The smallest absolute Gasteiger partial charge is 0.323 e. The molecule has 0 aliphatic rings. The van der Waals surface area contributed by atoms with Crippen molar-refractivity contribution < 1.29 is 9.53 Å². The Morgan fingerprint density at radius 2 is 1.60 bits per heavy atom. The van der Waals surface area contributed by atoms with Crippen LogP contribution in [0.4, 0.5) is 27.7 Å². The number of hydrogen-bond acceptors (Lipinski definition) is 6. The molecule has 0 bridgehead atoms. The number of amides is 2. The van der Waals surface area contributed by atoms with Gasteiger partial charge in [0, 0.05) is 35.5 Å². The van der Waals surface area contributed by atoms with E-state index in [1.807, 2.05) is 24.4 Å². The minimum Gasteiger partial charge on any atom is -0.497 e. The maximum atomic E-state index is 12.2. The van der Waals surface area contributed by atoms with Gasteiger partial charge >= 0.3 is 6.03 Å². The van der Waals surface area contributed by atoms with Gasteiger partial charge in [0.25, 0.3) is 0 Å². The van der Waals surface area contributed by atoms with Gasteiger partial charge in [-0.3, -0.25) is 0 Å². The lowest BCUT2D eigenvalue weighted by Gasteiger charge is -2.10. The third kappa shape index (κ3) is 4.71. The van der Waals surface area contributed by atoms with Crippen molar-refractivity contribution in [3.63, 3.8) is 0 Å². The molecule has 0 radical (unpaired) electrons. The average molecular weight is 401 g/mol. The molecule has 30 heavy (non-hydrogen) atoms. The number of aromatic nitrogens is 4. The van der Waals surface area contributed by atoms with E-state index >= 15 is 0 Å². The lowest BCUT2D eigenvalue weighted by Crippen LogP contribution is -2.19. The SMILES string of the molecule is COc1ccc(NC(=O)Nc2ccc(Nc3cc(-n4cccn4)ncn3)cc2)cc1. The number of benzene rings is 2. The van der Waals surface area contributed by atoms with Gasteiger partial charge in [-0.1, -0.05) is 0 Å². The summed E-state index contributed by atoms with van der Waals surface area (Å²) >= 11 is 0. The third-order valence-electron chi connectivity index (χ3n) is 4.15. The molecule has 0 aliphatic heterocycles. The van der Waals surface area contributed by atoms with Crippen LogP contribution in [0.15, 0.2) is 79.4 Å². The Morgan fingerprint density at radius 1 is 0.933 bits per heavy atom. The zero-order valence-corrected chi connectivity index (χ0v) is 16.1. The van der Waals surface area contributed by atoms with Crippen molar-refractivity contribution in [2.24, 2.45) is 0 Å². The zero-order chi connectivity index (χ0) is 20.8. The maximum Gasteiger partial charge on any atom is 0.323 e. The summed E-state index contributed by atoms with van der Waals surface area (Å²) in [6.07, 6.45) is 4.97. The molecule has 150 valence electrons. The summed E-state index contributed by atoms with van der Waals surface area (Å²) in [6.45, 7) is 0. The van der Waals surface area contributed by atoms with E-state index in [9.17, 15) is 4.79 Å². The van der Waals surface area contributed by atoms with Crippen molar-refractivity contribution in [2.45, 2.75) is 0 Å². The molecule has 0 fully saturated rings. The number of rotatable bonds is 6. The molecule has 0 unspecified atom stereocenters. The summed E-state index contributed by atoms with van der Waals surface area (Å²) in [7, 11) is 1.59. The predicted octanol–water partition coefficient (Wildman–Crippen LogP) is 4.06. The van der Waals surface area contributed by atoms with Crippen LogP contribution in [0.5, 0.6) is 5.75 Å². The second-order valence-electron chi connectivity index (χ2n) is 6.22. The fourth-order valence-corrected chi connectivity index (χ4v) is 2.70. The quantitative estimate of drug-likeness (QED) is 0.450. The first-order valence-corrected chi connectivity index (χ1v) is 9.11. The molecule has 2 aromatic carbocycles. The van der Waals surface area contributed by atoms with E-state index in [1.54, 1.807) is 60.5 Å². The van der Waals surface area contributed by atoms with Gasteiger partial charge in [0.15, 0.2) is 5.82 Å². The molecule has 4 aromatic rings. The van der Waals surface area contributed by atoms with Gasteiger partial charge in [0.2, 0.25) is 0 Å². The van der Waals surface area contributed by atoms with Crippen LogP contribution < -0.4 is 20.7 Å². The van der Waals surface area contributed by atoms with Crippen LogP contribution in [-0.4, -0.2) is 32.9 Å². The summed E-state index contributed by atoms with van der Waals surface area (Å²) in [5.74, 6) is 2.02. The number of nitrogens with one attached hydrogen (secondary N) is 3. The van der Waals surface area contributed by atoms with Crippen molar-refractivity contribution in [1.82, 2.24) is 19.7 Å². The molecule has 3 N–H and O–H groups in total. The average Bonchev–Trinajstić information content (AvgIpc) is 3.31. The minimum atomic E-state index is -0.333. The first kappa shape index (κ1) is 18.9. The Morgan fingerprint density at radius 3 is 2.23 bits per heavy atom. The molecule has 2 aromatic heterocycles. The number of urea groups is 1. The van der Waals surface area contributed by atoms with Crippen LogP contribution >= 0.6 is 0 Å². The topological polar surface area (TPSA) is 106 Å². The van der Waals surface area contributed by atoms with Gasteiger partial charge in [-0.15, -0.1) is 0 Å². The Labute approximate surface area is 172 Å². The van der Waals surface area contributed by atoms with Gasteiger partial charge in [-0.05, 0) is 54.6 Å². The Hall–Kier alpha value is -4.40.